The molecule has 106 valence electrons. The summed E-state index contributed by atoms with van der Waals surface area (Å²) in [5.74, 6) is 0.0774. The first-order chi connectivity index (χ1) is 10.1. The molecule has 2 aromatic carbocycles. The van der Waals surface area contributed by atoms with Gasteiger partial charge in [-0.05, 0) is 47.7 Å². The molecule has 0 aliphatic heterocycles. The number of tetrazole rings is 1. The first-order valence-electron chi connectivity index (χ1n) is 6.17. The van der Waals surface area contributed by atoms with Crippen LogP contribution in [0.5, 0.6) is 0 Å². The van der Waals surface area contributed by atoms with Crippen LogP contribution < -0.4 is 5.73 Å². The predicted molar refractivity (Wildman–Crippen MR) is 78.7 cm³/mol. The van der Waals surface area contributed by atoms with Crippen molar-refractivity contribution >= 4 is 17.3 Å². The second-order valence-electron chi connectivity index (χ2n) is 4.54. The molecule has 0 aliphatic rings. The minimum absolute atomic E-state index is 0.326. The summed E-state index contributed by atoms with van der Waals surface area (Å²) in [5, 5.41) is 12.0. The molecule has 0 aliphatic carbocycles. The zero-order chi connectivity index (χ0) is 15.0. The highest BCUT2D eigenvalue weighted by atomic mass is 35.5. The van der Waals surface area contributed by atoms with E-state index in [4.69, 9.17) is 17.3 Å². The van der Waals surface area contributed by atoms with Crippen molar-refractivity contribution in [1.29, 1.82) is 0 Å². The van der Waals surface area contributed by atoms with Crippen LogP contribution in [-0.4, -0.2) is 20.2 Å². The average molecular weight is 304 g/mol. The monoisotopic (exact) mass is 303 g/mol. The van der Waals surface area contributed by atoms with Gasteiger partial charge in [-0.3, -0.25) is 0 Å². The number of benzene rings is 2. The van der Waals surface area contributed by atoms with Gasteiger partial charge in [0.1, 0.15) is 5.82 Å². The molecular weight excluding hydrogens is 293 g/mol. The summed E-state index contributed by atoms with van der Waals surface area (Å²) in [5.41, 5.74) is 7.91. The van der Waals surface area contributed by atoms with Crippen molar-refractivity contribution in [2.24, 2.45) is 0 Å². The van der Waals surface area contributed by atoms with E-state index in [0.29, 0.717) is 33.3 Å². The van der Waals surface area contributed by atoms with E-state index >= 15 is 0 Å². The Morgan fingerprint density at radius 1 is 1.24 bits per heavy atom. The van der Waals surface area contributed by atoms with Crippen molar-refractivity contribution < 1.29 is 4.39 Å². The fourth-order valence-corrected chi connectivity index (χ4v) is 2.26. The molecule has 0 bridgehead atoms. The van der Waals surface area contributed by atoms with Crippen molar-refractivity contribution in [2.75, 3.05) is 5.73 Å². The van der Waals surface area contributed by atoms with E-state index in [1.54, 1.807) is 37.3 Å². The normalized spacial score (nSPS) is 10.8. The first-order valence-corrected chi connectivity index (χ1v) is 6.55. The number of nitrogens with two attached hydrogens (primary N) is 1. The quantitative estimate of drug-likeness (QED) is 0.739. The van der Waals surface area contributed by atoms with Crippen LogP contribution in [-0.2, 0) is 0 Å². The summed E-state index contributed by atoms with van der Waals surface area (Å²) in [6.07, 6.45) is 0. The molecule has 0 spiro atoms. The molecule has 21 heavy (non-hydrogen) atoms. The number of anilines is 1. The molecule has 0 radical (unpaired) electrons. The minimum Gasteiger partial charge on any atom is -0.399 e. The molecule has 0 fully saturated rings. The van der Waals surface area contributed by atoms with Crippen LogP contribution in [0.25, 0.3) is 17.1 Å². The van der Waals surface area contributed by atoms with Crippen LogP contribution in [0, 0.1) is 12.7 Å². The van der Waals surface area contributed by atoms with Crippen molar-refractivity contribution in [1.82, 2.24) is 20.2 Å². The van der Waals surface area contributed by atoms with Crippen LogP contribution in [0.3, 0.4) is 0 Å². The Hall–Kier alpha value is -2.47. The van der Waals surface area contributed by atoms with Gasteiger partial charge in [0.25, 0.3) is 0 Å². The van der Waals surface area contributed by atoms with Gasteiger partial charge in [-0.25, -0.2) is 4.39 Å². The van der Waals surface area contributed by atoms with E-state index in [1.807, 2.05) is 0 Å². The maximum Gasteiger partial charge on any atom is 0.188 e. The maximum atomic E-state index is 13.7. The second kappa shape index (κ2) is 5.14. The molecule has 5 nitrogen and oxygen atoms in total. The Kier molecular flexibility index (Phi) is 3.31. The Balaban J connectivity index is 2.22. The molecule has 0 saturated carbocycles. The standard InChI is InChI=1S/C14H11ClFN5/c1-8-12(16)3-2-4-13(8)21-14(18-19-20-21)10-7-9(17)5-6-11(10)15/h2-7H,17H2,1H3. The zero-order valence-electron chi connectivity index (χ0n) is 11.1. The lowest BCUT2D eigenvalue weighted by atomic mass is 10.1. The van der Waals surface area contributed by atoms with Gasteiger partial charge in [-0.1, -0.05) is 17.7 Å². The van der Waals surface area contributed by atoms with Crippen molar-refractivity contribution in [3.63, 3.8) is 0 Å². The van der Waals surface area contributed by atoms with Crippen molar-refractivity contribution in [3.8, 4) is 17.1 Å². The Morgan fingerprint density at radius 3 is 2.86 bits per heavy atom. The summed E-state index contributed by atoms with van der Waals surface area (Å²) in [4.78, 5) is 0. The van der Waals surface area contributed by atoms with Crippen LogP contribution in [0.15, 0.2) is 36.4 Å². The predicted octanol–water partition coefficient (Wildman–Crippen LogP) is 3.01. The third kappa shape index (κ3) is 2.34. The van der Waals surface area contributed by atoms with Gasteiger partial charge in [0.05, 0.1) is 10.7 Å². The average Bonchev–Trinajstić information content (AvgIpc) is 2.93. The Morgan fingerprint density at radius 2 is 2.05 bits per heavy atom. The lowest BCUT2D eigenvalue weighted by Gasteiger charge is -2.09. The lowest BCUT2D eigenvalue weighted by Crippen LogP contribution is -2.04. The molecular formula is C14H11ClFN5. The number of nitrogen functional groups attached to an aromatic ring is 1. The number of hydrogen-bond acceptors (Lipinski definition) is 4. The molecule has 7 heteroatoms. The third-order valence-corrected chi connectivity index (χ3v) is 3.50. The van der Waals surface area contributed by atoms with Crippen molar-refractivity contribution in [3.05, 3.63) is 52.8 Å². The molecule has 0 amide bonds. The Labute approximate surface area is 125 Å². The topological polar surface area (TPSA) is 69.6 Å². The van der Waals surface area contributed by atoms with E-state index in [-0.39, 0.29) is 5.82 Å². The number of halogens is 2. The number of hydrogen-bond donors (Lipinski definition) is 1. The first kappa shape index (κ1) is 13.5. The molecule has 1 aromatic heterocycles. The molecule has 0 unspecified atom stereocenters. The highest BCUT2D eigenvalue weighted by molar-refractivity contribution is 6.33. The Bertz CT molecular complexity index is 798. The summed E-state index contributed by atoms with van der Waals surface area (Å²) < 4.78 is 15.2. The molecule has 3 aromatic rings. The summed E-state index contributed by atoms with van der Waals surface area (Å²) in [7, 11) is 0. The van der Waals surface area contributed by atoms with Crippen LogP contribution >= 0.6 is 11.6 Å². The van der Waals surface area contributed by atoms with Gasteiger partial charge in [-0.2, -0.15) is 4.68 Å². The fourth-order valence-electron chi connectivity index (χ4n) is 2.06. The van der Waals surface area contributed by atoms with Crippen LogP contribution in [0.1, 0.15) is 5.56 Å². The zero-order valence-corrected chi connectivity index (χ0v) is 11.8. The highest BCUT2D eigenvalue weighted by Crippen LogP contribution is 2.30. The SMILES string of the molecule is Cc1c(F)cccc1-n1nnnc1-c1cc(N)ccc1Cl. The van der Waals surface area contributed by atoms with Gasteiger partial charge in [0.15, 0.2) is 5.82 Å². The molecule has 3 rings (SSSR count). The summed E-state index contributed by atoms with van der Waals surface area (Å²) in [6, 6.07) is 9.76. The molecule has 2 N–H and O–H groups in total. The molecule has 1 heterocycles. The summed E-state index contributed by atoms with van der Waals surface area (Å²) >= 11 is 6.18. The fraction of sp³-hybridized carbons (Fsp3) is 0.0714. The van der Waals surface area contributed by atoms with Crippen LogP contribution in [0.2, 0.25) is 5.02 Å². The van der Waals surface area contributed by atoms with Gasteiger partial charge in [-0.15, -0.1) is 5.10 Å². The van der Waals surface area contributed by atoms with Gasteiger partial charge >= 0.3 is 0 Å². The van der Waals surface area contributed by atoms with Gasteiger partial charge in [0, 0.05) is 16.8 Å². The van der Waals surface area contributed by atoms with E-state index < -0.39 is 0 Å². The smallest absolute Gasteiger partial charge is 0.188 e. The summed E-state index contributed by atoms with van der Waals surface area (Å²) in [6.45, 7) is 1.66. The van der Waals surface area contributed by atoms with E-state index in [1.165, 1.54) is 10.7 Å². The maximum absolute atomic E-state index is 13.7. The molecule has 0 saturated heterocycles. The number of aromatic nitrogens is 4. The van der Waals surface area contributed by atoms with E-state index in [9.17, 15) is 4.39 Å². The van der Waals surface area contributed by atoms with E-state index in [0.717, 1.165) is 0 Å². The minimum atomic E-state index is -0.326. The van der Waals surface area contributed by atoms with Crippen molar-refractivity contribution in [2.45, 2.75) is 6.92 Å². The van der Waals surface area contributed by atoms with Crippen LogP contribution in [0.4, 0.5) is 10.1 Å². The van der Waals surface area contributed by atoms with E-state index in [2.05, 4.69) is 15.5 Å². The molecule has 0 atom stereocenters. The third-order valence-electron chi connectivity index (χ3n) is 3.17. The second-order valence-corrected chi connectivity index (χ2v) is 4.94. The largest absolute Gasteiger partial charge is 0.399 e. The number of rotatable bonds is 2. The highest BCUT2D eigenvalue weighted by Gasteiger charge is 2.16. The van der Waals surface area contributed by atoms with Gasteiger partial charge in [0.2, 0.25) is 0 Å². The lowest BCUT2D eigenvalue weighted by molar-refractivity contribution is 0.614. The van der Waals surface area contributed by atoms with Gasteiger partial charge < -0.3 is 5.73 Å². The number of nitrogens with zero attached hydrogens (tertiary/aromatic N) is 4.